The first-order valence-electron chi connectivity index (χ1n) is 12.3. The molecule has 0 radical (unpaired) electrons. The summed E-state index contributed by atoms with van der Waals surface area (Å²) >= 11 is 0. The second-order valence-corrected chi connectivity index (χ2v) is 9.13. The fourth-order valence-corrected chi connectivity index (χ4v) is 4.25. The van der Waals surface area contributed by atoms with Gasteiger partial charge < -0.3 is 20.7 Å². The van der Waals surface area contributed by atoms with E-state index in [1.54, 1.807) is 17.3 Å². The van der Waals surface area contributed by atoms with Gasteiger partial charge in [0, 0.05) is 42.3 Å². The third kappa shape index (κ3) is 5.99. The van der Waals surface area contributed by atoms with Gasteiger partial charge in [0.15, 0.2) is 6.23 Å². The van der Waals surface area contributed by atoms with Crippen molar-refractivity contribution in [2.75, 3.05) is 26.2 Å². The predicted molar refractivity (Wildman–Crippen MR) is 144 cm³/mol. The minimum absolute atomic E-state index is 0.0462. The summed E-state index contributed by atoms with van der Waals surface area (Å²) in [7, 11) is 0. The van der Waals surface area contributed by atoms with Gasteiger partial charge >= 0.3 is 0 Å². The Bertz CT molecular complexity index is 1190. The zero-order valence-corrected chi connectivity index (χ0v) is 20.8. The van der Waals surface area contributed by atoms with Gasteiger partial charge in [0.25, 0.3) is 0 Å². The second kappa shape index (κ2) is 11.9. The van der Waals surface area contributed by atoms with Crippen molar-refractivity contribution >= 4 is 17.0 Å². The summed E-state index contributed by atoms with van der Waals surface area (Å²) in [4.78, 5) is 10.5. The summed E-state index contributed by atoms with van der Waals surface area (Å²) in [5, 5.41) is 20.5. The Labute approximate surface area is 212 Å². The lowest BCUT2D eigenvalue weighted by atomic mass is 9.94. The van der Waals surface area contributed by atoms with Crippen LogP contribution in [-0.4, -0.2) is 58.3 Å². The molecular weight excluding hydrogens is 452 g/mol. The zero-order chi connectivity index (χ0) is 25.5. The molecule has 0 saturated heterocycles. The van der Waals surface area contributed by atoms with Gasteiger partial charge in [0.2, 0.25) is 0 Å². The Morgan fingerprint density at radius 2 is 1.72 bits per heavy atom. The van der Waals surface area contributed by atoms with Crippen LogP contribution >= 0.6 is 0 Å². The van der Waals surface area contributed by atoms with Crippen LogP contribution in [0.25, 0.3) is 11.3 Å². The van der Waals surface area contributed by atoms with Crippen molar-refractivity contribution in [2.24, 2.45) is 10.7 Å². The molecule has 0 spiro atoms. The average Bonchev–Trinajstić information content (AvgIpc) is 2.91. The summed E-state index contributed by atoms with van der Waals surface area (Å²) in [6, 6.07) is 19.8. The third-order valence-corrected chi connectivity index (χ3v) is 6.36. The van der Waals surface area contributed by atoms with Gasteiger partial charge in [-0.15, -0.1) is 0 Å². The molecular formula is C29H34N4O3. The van der Waals surface area contributed by atoms with Crippen LogP contribution in [-0.2, 0) is 6.61 Å². The first-order valence-corrected chi connectivity index (χ1v) is 12.3. The van der Waals surface area contributed by atoms with Crippen LogP contribution in [0.1, 0.15) is 42.0 Å². The molecule has 0 bridgehead atoms. The standard InChI is InChI=1S/C29H34N4O3/c1-20(2)22-5-3-21(4-6-22)19-36-25-9-7-23(8-10-25)26(27(30)24-11-13-31-14-12-24)28-29(35)33(17-18-34)16-15-32-28/h3-14,20,29,34-35H,15-19,30H2,1-2H3. The number of nitrogens with two attached hydrogens (primary N) is 1. The molecule has 2 heterocycles. The monoisotopic (exact) mass is 486 g/mol. The molecule has 1 aliphatic heterocycles. The molecule has 0 saturated carbocycles. The number of aliphatic imine (C=N–C) groups is 1. The van der Waals surface area contributed by atoms with Crippen LogP contribution in [0.4, 0.5) is 0 Å². The van der Waals surface area contributed by atoms with Crippen molar-refractivity contribution in [3.8, 4) is 5.75 Å². The van der Waals surface area contributed by atoms with E-state index in [9.17, 15) is 10.2 Å². The van der Waals surface area contributed by atoms with Crippen molar-refractivity contribution in [1.29, 1.82) is 0 Å². The summed E-state index contributed by atoms with van der Waals surface area (Å²) in [6.45, 7) is 6.22. The molecule has 7 heteroatoms. The van der Waals surface area contributed by atoms with Crippen LogP contribution in [0.15, 0.2) is 78.0 Å². The highest BCUT2D eigenvalue weighted by atomic mass is 16.5. The van der Waals surface area contributed by atoms with E-state index in [4.69, 9.17) is 10.5 Å². The van der Waals surface area contributed by atoms with E-state index >= 15 is 0 Å². The van der Waals surface area contributed by atoms with Crippen LogP contribution in [0, 0.1) is 0 Å². The molecule has 4 rings (SSSR count). The quantitative estimate of drug-likeness (QED) is 0.426. The zero-order valence-electron chi connectivity index (χ0n) is 20.8. The number of β-amino-alcohol motifs (C(OH)–C–C–N with tert-alkyl or cyclic N) is 1. The third-order valence-electron chi connectivity index (χ3n) is 6.36. The largest absolute Gasteiger partial charge is 0.489 e. The number of aliphatic hydroxyl groups excluding tert-OH is 2. The maximum Gasteiger partial charge on any atom is 0.150 e. The van der Waals surface area contributed by atoms with E-state index in [1.165, 1.54) is 5.56 Å². The maximum absolute atomic E-state index is 11.1. The van der Waals surface area contributed by atoms with Gasteiger partial charge in [-0.2, -0.15) is 0 Å². The second-order valence-electron chi connectivity index (χ2n) is 9.13. The minimum atomic E-state index is -0.967. The fourth-order valence-electron chi connectivity index (χ4n) is 4.25. The van der Waals surface area contributed by atoms with Crippen molar-refractivity contribution in [1.82, 2.24) is 9.88 Å². The number of ether oxygens (including phenoxy) is 1. The topological polar surface area (TPSA) is 104 Å². The molecule has 1 aliphatic rings. The van der Waals surface area contributed by atoms with E-state index in [-0.39, 0.29) is 6.61 Å². The molecule has 0 amide bonds. The number of rotatable bonds is 9. The summed E-state index contributed by atoms with van der Waals surface area (Å²) in [6.07, 6.45) is 2.40. The Hall–Kier alpha value is -3.52. The highest BCUT2D eigenvalue weighted by molar-refractivity contribution is 6.31. The molecule has 7 nitrogen and oxygen atoms in total. The van der Waals surface area contributed by atoms with E-state index in [0.717, 1.165) is 22.4 Å². The normalized spacial score (nSPS) is 17.0. The number of aliphatic hydroxyl groups is 2. The van der Waals surface area contributed by atoms with Crippen molar-refractivity contribution in [3.05, 3.63) is 95.3 Å². The lowest BCUT2D eigenvalue weighted by molar-refractivity contribution is 0.0413. The van der Waals surface area contributed by atoms with Gasteiger partial charge in [0.1, 0.15) is 12.4 Å². The fraction of sp³-hybridized carbons (Fsp3) is 0.310. The predicted octanol–water partition coefficient (Wildman–Crippen LogP) is 3.68. The number of nitrogens with zero attached hydrogens (tertiary/aromatic N) is 3. The summed E-state index contributed by atoms with van der Waals surface area (Å²) in [5.74, 6) is 1.24. The smallest absolute Gasteiger partial charge is 0.150 e. The molecule has 36 heavy (non-hydrogen) atoms. The SMILES string of the molecule is CC(C)c1ccc(COc2ccc(C(C3=NCCN(CCO)C3O)=C(N)c3ccncc3)cc2)cc1. The van der Waals surface area contributed by atoms with Gasteiger partial charge in [-0.05, 0) is 46.9 Å². The first kappa shape index (κ1) is 25.6. The van der Waals surface area contributed by atoms with Gasteiger partial charge in [-0.3, -0.25) is 14.9 Å². The molecule has 1 atom stereocenters. The molecule has 4 N–H and O–H groups in total. The Balaban J connectivity index is 1.60. The molecule has 3 aromatic rings. The van der Waals surface area contributed by atoms with Gasteiger partial charge in [-0.25, -0.2) is 0 Å². The van der Waals surface area contributed by atoms with Crippen LogP contribution < -0.4 is 10.5 Å². The molecule has 0 aliphatic carbocycles. The Morgan fingerprint density at radius 3 is 2.36 bits per heavy atom. The minimum Gasteiger partial charge on any atom is -0.489 e. The van der Waals surface area contributed by atoms with Gasteiger partial charge in [-0.1, -0.05) is 50.2 Å². The summed E-state index contributed by atoms with van der Waals surface area (Å²) < 4.78 is 6.02. The first-order chi connectivity index (χ1) is 17.5. The van der Waals surface area contributed by atoms with E-state index < -0.39 is 6.23 Å². The molecule has 2 aromatic carbocycles. The lowest BCUT2D eigenvalue weighted by Crippen LogP contribution is -2.47. The number of pyridine rings is 1. The molecule has 1 unspecified atom stereocenters. The highest BCUT2D eigenvalue weighted by Gasteiger charge is 2.29. The van der Waals surface area contributed by atoms with E-state index in [0.29, 0.717) is 49.1 Å². The number of hydrogen-bond acceptors (Lipinski definition) is 7. The van der Waals surface area contributed by atoms with Crippen molar-refractivity contribution in [3.63, 3.8) is 0 Å². The van der Waals surface area contributed by atoms with Gasteiger partial charge in [0.05, 0.1) is 18.9 Å². The molecule has 0 fully saturated rings. The van der Waals surface area contributed by atoms with Crippen LogP contribution in [0.2, 0.25) is 0 Å². The van der Waals surface area contributed by atoms with E-state index in [1.807, 2.05) is 36.4 Å². The lowest BCUT2D eigenvalue weighted by Gasteiger charge is -2.33. The summed E-state index contributed by atoms with van der Waals surface area (Å²) in [5.41, 5.74) is 12.3. The van der Waals surface area contributed by atoms with Crippen molar-refractivity contribution in [2.45, 2.75) is 32.6 Å². The van der Waals surface area contributed by atoms with E-state index in [2.05, 4.69) is 48.1 Å². The number of aromatic nitrogens is 1. The van der Waals surface area contributed by atoms with Crippen molar-refractivity contribution < 1.29 is 14.9 Å². The Kier molecular flexibility index (Phi) is 8.48. The number of benzene rings is 2. The van der Waals surface area contributed by atoms with Crippen LogP contribution in [0.5, 0.6) is 5.75 Å². The maximum atomic E-state index is 11.1. The molecule has 188 valence electrons. The average molecular weight is 487 g/mol. The molecule has 1 aromatic heterocycles. The highest BCUT2D eigenvalue weighted by Crippen LogP contribution is 2.29. The number of hydrogen-bond donors (Lipinski definition) is 3. The Morgan fingerprint density at radius 1 is 1.03 bits per heavy atom. The van der Waals surface area contributed by atoms with Crippen LogP contribution in [0.3, 0.4) is 0 Å².